The number of ether oxygens (including phenoxy) is 1. The Morgan fingerprint density at radius 2 is 2.27 bits per heavy atom. The van der Waals surface area contributed by atoms with Crippen LogP contribution in [0.1, 0.15) is 39.0 Å². The largest absolute Gasteiger partial charge is 0.452 e. The highest BCUT2D eigenvalue weighted by Gasteiger charge is 2.31. The summed E-state index contributed by atoms with van der Waals surface area (Å²) in [7, 11) is 1.73. The number of likely N-dealkylation sites (tertiary alicyclic amines) is 1. The lowest BCUT2D eigenvalue weighted by Crippen LogP contribution is -2.29. The summed E-state index contributed by atoms with van der Waals surface area (Å²) in [5.41, 5.74) is 0. The highest BCUT2D eigenvalue weighted by molar-refractivity contribution is 5.85. The third kappa shape index (κ3) is 3.53. The van der Waals surface area contributed by atoms with Crippen LogP contribution < -0.4 is 0 Å². The van der Waals surface area contributed by atoms with E-state index in [-0.39, 0.29) is 11.9 Å². The summed E-state index contributed by atoms with van der Waals surface area (Å²) in [6, 6.07) is 0. The summed E-state index contributed by atoms with van der Waals surface area (Å²) in [5, 5.41) is 0. The van der Waals surface area contributed by atoms with Gasteiger partial charge < -0.3 is 9.64 Å². The monoisotopic (exact) mass is 213 g/mol. The van der Waals surface area contributed by atoms with Crippen molar-refractivity contribution in [3.63, 3.8) is 0 Å². The van der Waals surface area contributed by atoms with Gasteiger partial charge in [0, 0.05) is 26.4 Å². The Bertz CT molecular complexity index is 240. The van der Waals surface area contributed by atoms with Crippen molar-refractivity contribution in [2.75, 3.05) is 13.6 Å². The molecule has 0 unspecified atom stereocenters. The zero-order valence-electron chi connectivity index (χ0n) is 9.49. The molecule has 1 atom stereocenters. The van der Waals surface area contributed by atoms with Crippen LogP contribution in [0.5, 0.6) is 0 Å². The fourth-order valence-corrected chi connectivity index (χ4v) is 1.64. The lowest BCUT2D eigenvalue weighted by Gasteiger charge is -2.11. The van der Waals surface area contributed by atoms with Crippen LogP contribution in [0.15, 0.2) is 0 Å². The number of esters is 1. The Kier molecular flexibility index (Phi) is 4.59. The Morgan fingerprint density at radius 1 is 1.53 bits per heavy atom. The SMILES string of the molecule is CCCCCC(=O)O[C@H]1CCN(C)C1=O. The van der Waals surface area contributed by atoms with E-state index in [1.165, 1.54) is 0 Å². The summed E-state index contributed by atoms with van der Waals surface area (Å²) >= 11 is 0. The molecule has 0 N–H and O–H groups in total. The zero-order valence-corrected chi connectivity index (χ0v) is 9.49. The molecule has 1 rings (SSSR count). The fraction of sp³-hybridized carbons (Fsp3) is 0.818. The maximum absolute atomic E-state index is 11.4. The number of unbranched alkanes of at least 4 members (excludes halogenated alkanes) is 2. The van der Waals surface area contributed by atoms with Gasteiger partial charge in [-0.25, -0.2) is 0 Å². The average Bonchev–Trinajstić information content (AvgIpc) is 2.50. The van der Waals surface area contributed by atoms with E-state index in [2.05, 4.69) is 6.92 Å². The molecule has 0 aromatic carbocycles. The molecule has 4 nitrogen and oxygen atoms in total. The maximum atomic E-state index is 11.4. The molecule has 1 aliphatic rings. The first-order chi connectivity index (χ1) is 7.15. The van der Waals surface area contributed by atoms with Crippen LogP contribution in [0, 0.1) is 0 Å². The number of likely N-dealkylation sites (N-methyl/N-ethyl adjacent to an activating group) is 1. The van der Waals surface area contributed by atoms with Crippen molar-refractivity contribution >= 4 is 11.9 Å². The summed E-state index contributed by atoms with van der Waals surface area (Å²) in [5.74, 6) is -0.309. The highest BCUT2D eigenvalue weighted by Crippen LogP contribution is 2.13. The molecular weight excluding hydrogens is 194 g/mol. The van der Waals surface area contributed by atoms with Crippen molar-refractivity contribution in [2.45, 2.75) is 45.1 Å². The van der Waals surface area contributed by atoms with Gasteiger partial charge in [0.25, 0.3) is 5.91 Å². The Morgan fingerprint density at radius 3 is 2.80 bits per heavy atom. The molecule has 0 saturated carbocycles. The number of carbonyl (C=O) groups excluding carboxylic acids is 2. The number of hydrogen-bond acceptors (Lipinski definition) is 3. The lowest BCUT2D eigenvalue weighted by molar-refractivity contribution is -0.156. The van der Waals surface area contributed by atoms with E-state index in [0.29, 0.717) is 19.4 Å². The predicted molar refractivity (Wildman–Crippen MR) is 56.3 cm³/mol. The molecule has 86 valence electrons. The van der Waals surface area contributed by atoms with E-state index in [1.54, 1.807) is 11.9 Å². The quantitative estimate of drug-likeness (QED) is 0.511. The minimum Gasteiger partial charge on any atom is -0.452 e. The number of rotatable bonds is 5. The topological polar surface area (TPSA) is 46.6 Å². The van der Waals surface area contributed by atoms with Crippen molar-refractivity contribution in [2.24, 2.45) is 0 Å². The van der Waals surface area contributed by atoms with Crippen LogP contribution in [0.3, 0.4) is 0 Å². The summed E-state index contributed by atoms with van der Waals surface area (Å²) in [6.45, 7) is 2.77. The van der Waals surface area contributed by atoms with Crippen LogP contribution in [-0.2, 0) is 14.3 Å². The van der Waals surface area contributed by atoms with Gasteiger partial charge in [0.1, 0.15) is 0 Å². The van der Waals surface area contributed by atoms with Gasteiger partial charge in [-0.1, -0.05) is 19.8 Å². The van der Waals surface area contributed by atoms with E-state index in [0.717, 1.165) is 19.3 Å². The van der Waals surface area contributed by atoms with Gasteiger partial charge in [-0.15, -0.1) is 0 Å². The number of amides is 1. The van der Waals surface area contributed by atoms with Crippen molar-refractivity contribution in [1.82, 2.24) is 4.90 Å². The molecule has 0 radical (unpaired) electrons. The van der Waals surface area contributed by atoms with Crippen molar-refractivity contribution in [1.29, 1.82) is 0 Å². The predicted octanol–water partition coefficient (Wildman–Crippen LogP) is 1.34. The second kappa shape index (κ2) is 5.73. The van der Waals surface area contributed by atoms with Gasteiger partial charge in [0.15, 0.2) is 6.10 Å². The number of carbonyl (C=O) groups is 2. The van der Waals surface area contributed by atoms with E-state index in [1.807, 2.05) is 0 Å². The van der Waals surface area contributed by atoms with E-state index in [4.69, 9.17) is 4.74 Å². The number of nitrogens with zero attached hydrogens (tertiary/aromatic N) is 1. The molecule has 0 aromatic rings. The Hall–Kier alpha value is -1.06. The average molecular weight is 213 g/mol. The van der Waals surface area contributed by atoms with Crippen LogP contribution in [0.25, 0.3) is 0 Å². The van der Waals surface area contributed by atoms with Gasteiger partial charge in [-0.05, 0) is 6.42 Å². The molecule has 1 fully saturated rings. The van der Waals surface area contributed by atoms with Crippen molar-refractivity contribution in [3.8, 4) is 0 Å². The number of hydrogen-bond donors (Lipinski definition) is 0. The summed E-state index contributed by atoms with van der Waals surface area (Å²) in [4.78, 5) is 24.4. The third-order valence-corrected chi connectivity index (χ3v) is 2.64. The normalized spacial score (nSPS) is 20.8. The van der Waals surface area contributed by atoms with E-state index >= 15 is 0 Å². The highest BCUT2D eigenvalue weighted by atomic mass is 16.5. The molecule has 1 amide bonds. The second-order valence-corrected chi connectivity index (χ2v) is 3.98. The van der Waals surface area contributed by atoms with Crippen LogP contribution in [0.4, 0.5) is 0 Å². The molecule has 0 aromatic heterocycles. The van der Waals surface area contributed by atoms with Gasteiger partial charge in [-0.3, -0.25) is 9.59 Å². The maximum Gasteiger partial charge on any atom is 0.306 e. The molecule has 1 aliphatic heterocycles. The van der Waals surface area contributed by atoms with E-state index in [9.17, 15) is 9.59 Å². The van der Waals surface area contributed by atoms with Crippen molar-refractivity contribution < 1.29 is 14.3 Å². The second-order valence-electron chi connectivity index (χ2n) is 3.98. The molecule has 0 aliphatic carbocycles. The van der Waals surface area contributed by atoms with Gasteiger partial charge in [-0.2, -0.15) is 0 Å². The lowest BCUT2D eigenvalue weighted by atomic mass is 10.2. The molecule has 15 heavy (non-hydrogen) atoms. The van der Waals surface area contributed by atoms with E-state index < -0.39 is 6.10 Å². The summed E-state index contributed by atoms with van der Waals surface area (Å²) < 4.78 is 5.11. The Balaban J connectivity index is 2.23. The minimum atomic E-state index is -0.524. The molecule has 0 bridgehead atoms. The molecular formula is C11H19NO3. The van der Waals surface area contributed by atoms with Crippen molar-refractivity contribution in [3.05, 3.63) is 0 Å². The first-order valence-electron chi connectivity index (χ1n) is 5.59. The van der Waals surface area contributed by atoms with Crippen LogP contribution in [-0.4, -0.2) is 36.5 Å². The fourth-order valence-electron chi connectivity index (χ4n) is 1.64. The first-order valence-corrected chi connectivity index (χ1v) is 5.59. The zero-order chi connectivity index (χ0) is 11.3. The standard InChI is InChI=1S/C11H19NO3/c1-3-4-5-6-10(13)15-9-7-8-12(2)11(9)14/h9H,3-8H2,1-2H3/t9-/m0/s1. The van der Waals surface area contributed by atoms with Gasteiger partial charge in [0.05, 0.1) is 0 Å². The molecule has 4 heteroatoms. The minimum absolute atomic E-state index is 0.0705. The third-order valence-electron chi connectivity index (χ3n) is 2.64. The molecule has 0 spiro atoms. The van der Waals surface area contributed by atoms with Crippen LogP contribution >= 0.6 is 0 Å². The summed E-state index contributed by atoms with van der Waals surface area (Å²) in [6.07, 6.45) is 3.51. The Labute approximate surface area is 90.6 Å². The van der Waals surface area contributed by atoms with Gasteiger partial charge >= 0.3 is 5.97 Å². The first kappa shape index (κ1) is 12.0. The molecule has 1 saturated heterocycles. The van der Waals surface area contributed by atoms with Gasteiger partial charge in [0.2, 0.25) is 0 Å². The molecule has 1 heterocycles. The smallest absolute Gasteiger partial charge is 0.306 e. The van der Waals surface area contributed by atoms with Crippen LogP contribution in [0.2, 0.25) is 0 Å².